The fourth-order valence-corrected chi connectivity index (χ4v) is 7.88. The van der Waals surface area contributed by atoms with Gasteiger partial charge in [0.2, 0.25) is 0 Å². The Morgan fingerprint density at radius 2 is 0.500 bits per heavy atom. The molecule has 10 rings (SSSR count). The fourth-order valence-electron chi connectivity index (χ4n) is 7.88. The molecule has 2 heterocycles. The van der Waals surface area contributed by atoms with Crippen molar-refractivity contribution >= 4 is 70.6 Å². The summed E-state index contributed by atoms with van der Waals surface area (Å²) in [5.41, 5.74) is 19.0. The van der Waals surface area contributed by atoms with Crippen molar-refractivity contribution in [3.8, 4) is 22.3 Å². The molecule has 0 saturated carbocycles. The maximum absolute atomic E-state index is 2.36. The van der Waals surface area contributed by atoms with Crippen molar-refractivity contribution in [3.63, 3.8) is 0 Å². The van der Waals surface area contributed by atoms with Gasteiger partial charge in [0, 0.05) is 11.4 Å². The monoisotopic (exact) mass is 714 g/mol. The molecular weight excluding hydrogens is 677 g/mol. The number of hydrogen-bond acceptors (Lipinski definition) is 2. The van der Waals surface area contributed by atoms with E-state index in [2.05, 4.69) is 240 Å². The second kappa shape index (κ2) is 14.4. The molecule has 0 spiro atoms. The molecule has 2 heteroatoms. The van der Waals surface area contributed by atoms with E-state index >= 15 is 0 Å². The van der Waals surface area contributed by atoms with Crippen LogP contribution in [0.5, 0.6) is 0 Å². The molecule has 0 fully saturated rings. The third-order valence-corrected chi connectivity index (χ3v) is 10.8. The van der Waals surface area contributed by atoms with Crippen LogP contribution >= 0.6 is 0 Å². The highest BCUT2D eigenvalue weighted by Gasteiger charge is 2.21. The van der Waals surface area contributed by atoms with E-state index in [0.717, 1.165) is 11.4 Å². The van der Waals surface area contributed by atoms with Crippen molar-refractivity contribution in [1.82, 2.24) is 0 Å². The van der Waals surface area contributed by atoms with E-state index in [0.29, 0.717) is 0 Å². The zero-order chi connectivity index (χ0) is 37.3. The number of para-hydroxylation sites is 4. The van der Waals surface area contributed by atoms with Crippen LogP contribution in [0.15, 0.2) is 194 Å². The van der Waals surface area contributed by atoms with Crippen molar-refractivity contribution in [1.29, 1.82) is 0 Å². The first-order valence-electron chi connectivity index (χ1n) is 19.2. The van der Waals surface area contributed by atoms with Crippen molar-refractivity contribution in [3.05, 3.63) is 228 Å². The summed E-state index contributed by atoms with van der Waals surface area (Å²) in [7, 11) is 0. The zero-order valence-corrected chi connectivity index (χ0v) is 30.8. The molecule has 56 heavy (non-hydrogen) atoms. The van der Waals surface area contributed by atoms with Crippen LogP contribution in [-0.4, -0.2) is 0 Å². The van der Waals surface area contributed by atoms with Crippen LogP contribution in [0, 0.1) is 0 Å². The molecule has 0 unspecified atom stereocenters. The average molecular weight is 715 g/mol. The van der Waals surface area contributed by atoms with Crippen LogP contribution in [0.4, 0.5) is 34.1 Å². The van der Waals surface area contributed by atoms with Gasteiger partial charge in [-0.15, -0.1) is 0 Å². The molecule has 0 radical (unpaired) electrons. The molecule has 264 valence electrons. The molecule has 2 nitrogen and oxygen atoms in total. The first-order chi connectivity index (χ1) is 27.7. The lowest BCUT2D eigenvalue weighted by atomic mass is 10.0. The Balaban J connectivity index is 0.832. The summed E-state index contributed by atoms with van der Waals surface area (Å²) < 4.78 is 0. The number of fused-ring (bicyclic) bond motifs is 4. The molecule has 0 N–H and O–H groups in total. The van der Waals surface area contributed by atoms with Gasteiger partial charge in [-0.2, -0.15) is 0 Å². The Hall–Kier alpha value is -7.42. The summed E-state index contributed by atoms with van der Waals surface area (Å²) >= 11 is 0. The second-order valence-corrected chi connectivity index (χ2v) is 14.2. The Labute approximate surface area is 328 Å². The molecule has 0 saturated heterocycles. The van der Waals surface area contributed by atoms with E-state index in [-0.39, 0.29) is 0 Å². The first kappa shape index (κ1) is 33.2. The summed E-state index contributed by atoms with van der Waals surface area (Å²) in [6, 6.07) is 69.8. The largest absolute Gasteiger partial charge is 0.309 e. The van der Waals surface area contributed by atoms with Crippen LogP contribution in [0.1, 0.15) is 33.4 Å². The quantitative estimate of drug-likeness (QED) is 0.158. The highest BCUT2D eigenvalue weighted by Crippen LogP contribution is 2.44. The third kappa shape index (κ3) is 6.34. The van der Waals surface area contributed by atoms with Crippen LogP contribution in [0.3, 0.4) is 0 Å². The summed E-state index contributed by atoms with van der Waals surface area (Å²) in [5.74, 6) is 0. The van der Waals surface area contributed by atoms with Gasteiger partial charge in [0.1, 0.15) is 0 Å². The fraction of sp³-hybridized carbons (Fsp3) is 0. The minimum atomic E-state index is 1.14. The lowest BCUT2D eigenvalue weighted by Gasteiger charge is -2.27. The van der Waals surface area contributed by atoms with Gasteiger partial charge in [0.05, 0.1) is 22.7 Å². The zero-order valence-electron chi connectivity index (χ0n) is 30.8. The third-order valence-electron chi connectivity index (χ3n) is 10.8. The number of anilines is 6. The van der Waals surface area contributed by atoms with Crippen molar-refractivity contribution in [2.75, 3.05) is 9.80 Å². The van der Waals surface area contributed by atoms with Crippen molar-refractivity contribution in [2.24, 2.45) is 0 Å². The van der Waals surface area contributed by atoms with Crippen LogP contribution in [0.25, 0.3) is 58.7 Å². The van der Waals surface area contributed by atoms with Gasteiger partial charge in [0.15, 0.2) is 0 Å². The predicted molar refractivity (Wildman–Crippen MR) is 240 cm³/mol. The van der Waals surface area contributed by atoms with Gasteiger partial charge >= 0.3 is 0 Å². The van der Waals surface area contributed by atoms with Gasteiger partial charge in [-0.25, -0.2) is 0 Å². The van der Waals surface area contributed by atoms with E-state index < -0.39 is 0 Å². The summed E-state index contributed by atoms with van der Waals surface area (Å²) in [6.45, 7) is 0. The van der Waals surface area contributed by atoms with Crippen molar-refractivity contribution < 1.29 is 0 Å². The molecule has 0 atom stereocenters. The van der Waals surface area contributed by atoms with Gasteiger partial charge in [-0.05, 0) is 104 Å². The van der Waals surface area contributed by atoms with E-state index in [4.69, 9.17) is 0 Å². The molecule has 0 amide bonds. The van der Waals surface area contributed by atoms with E-state index in [1.54, 1.807) is 0 Å². The van der Waals surface area contributed by atoms with E-state index in [1.165, 1.54) is 78.4 Å². The number of hydrogen-bond donors (Lipinski definition) is 0. The Morgan fingerprint density at radius 3 is 0.786 bits per heavy atom. The molecule has 8 aromatic rings. The Bertz CT molecular complexity index is 2480. The summed E-state index contributed by atoms with van der Waals surface area (Å²) in [4.78, 5) is 4.72. The minimum Gasteiger partial charge on any atom is -0.309 e. The first-order valence-corrected chi connectivity index (χ1v) is 19.2. The maximum Gasteiger partial charge on any atom is 0.0534 e. The van der Waals surface area contributed by atoms with Gasteiger partial charge in [0.25, 0.3) is 0 Å². The Morgan fingerprint density at radius 1 is 0.250 bits per heavy atom. The number of benzene rings is 8. The molecule has 0 aliphatic carbocycles. The summed E-state index contributed by atoms with van der Waals surface area (Å²) in [5, 5.41) is 0. The van der Waals surface area contributed by atoms with E-state index in [1.807, 2.05) is 0 Å². The topological polar surface area (TPSA) is 6.48 Å². The molecule has 8 aromatic carbocycles. The predicted octanol–water partition coefficient (Wildman–Crippen LogP) is 15.1. The molecule has 0 bridgehead atoms. The SMILES string of the molecule is C1=Cc2ccccc2N(c2ccc(-c3ccc(/C=C/c4ccc(-c5ccc(N6c7ccccc7C=Cc7ccccc76)cc5)cc4)cc3)cc2)c2ccccc21. The molecule has 2 aliphatic rings. The van der Waals surface area contributed by atoms with E-state index in [9.17, 15) is 0 Å². The molecule has 0 aromatic heterocycles. The smallest absolute Gasteiger partial charge is 0.0534 e. The number of nitrogens with zero attached hydrogens (tertiary/aromatic N) is 2. The van der Waals surface area contributed by atoms with Crippen molar-refractivity contribution in [2.45, 2.75) is 0 Å². The van der Waals surface area contributed by atoms with Crippen LogP contribution in [0.2, 0.25) is 0 Å². The van der Waals surface area contributed by atoms with Gasteiger partial charge in [-0.1, -0.05) is 182 Å². The standard InChI is InChI=1S/C54H38N2/c1-5-13-51-45(9-1)27-28-46-10-2-6-14-52(46)55(51)49-35-31-43(32-36-49)41-23-19-39(20-24-41)17-18-40-21-25-42(26-22-40)44-33-37-50(38-34-44)56-53-15-7-3-11-47(53)29-30-48-12-4-8-16-54(48)56/h1-38H/b18-17+. The van der Waals surface area contributed by atoms with Gasteiger partial charge < -0.3 is 9.80 Å². The van der Waals surface area contributed by atoms with Crippen LogP contribution in [-0.2, 0) is 0 Å². The average Bonchev–Trinajstić information content (AvgIpc) is 3.55. The van der Waals surface area contributed by atoms with Gasteiger partial charge in [-0.3, -0.25) is 0 Å². The minimum absolute atomic E-state index is 1.14. The number of rotatable bonds is 6. The normalized spacial score (nSPS) is 12.7. The maximum atomic E-state index is 2.36. The lowest BCUT2D eigenvalue weighted by molar-refractivity contribution is 1.28. The lowest BCUT2D eigenvalue weighted by Crippen LogP contribution is -2.11. The molecular formula is C54H38N2. The summed E-state index contributed by atoms with van der Waals surface area (Å²) in [6.07, 6.45) is 13.2. The Kier molecular flexibility index (Phi) is 8.55. The van der Waals surface area contributed by atoms with Crippen LogP contribution < -0.4 is 9.80 Å². The molecule has 2 aliphatic heterocycles. The second-order valence-electron chi connectivity index (χ2n) is 14.2. The highest BCUT2D eigenvalue weighted by molar-refractivity contribution is 5.95. The highest BCUT2D eigenvalue weighted by atomic mass is 15.2.